The molecule has 7 nitrogen and oxygen atoms in total. The van der Waals surface area contributed by atoms with E-state index in [1.54, 1.807) is 0 Å². The summed E-state index contributed by atoms with van der Waals surface area (Å²) in [5.74, 6) is 2.91. The molecule has 4 rings (SSSR count). The minimum atomic E-state index is 0. The third-order valence-corrected chi connectivity index (χ3v) is 5.55. The predicted molar refractivity (Wildman–Crippen MR) is 122 cm³/mol. The molecule has 0 spiro atoms. The van der Waals surface area contributed by atoms with Crippen molar-refractivity contribution in [1.29, 1.82) is 0 Å². The third kappa shape index (κ3) is 4.83. The van der Waals surface area contributed by atoms with E-state index in [-0.39, 0.29) is 24.0 Å². The summed E-state index contributed by atoms with van der Waals surface area (Å²) >= 11 is 0. The van der Waals surface area contributed by atoms with Crippen LogP contribution in [-0.2, 0) is 19.5 Å². The minimum absolute atomic E-state index is 0. The zero-order chi connectivity index (χ0) is 18.5. The van der Waals surface area contributed by atoms with Crippen molar-refractivity contribution in [3.05, 3.63) is 47.5 Å². The number of nitrogens with zero attached hydrogens (tertiary/aromatic N) is 5. The molecule has 1 aromatic heterocycles. The highest BCUT2D eigenvalue weighted by atomic mass is 127. The number of aryl methyl sites for hydroxylation is 1. The molecule has 0 amide bonds. The van der Waals surface area contributed by atoms with Crippen LogP contribution in [0.5, 0.6) is 0 Å². The van der Waals surface area contributed by atoms with Crippen LogP contribution in [0.3, 0.4) is 0 Å². The fraction of sp³-hybridized carbons (Fsp3) is 0.550. The zero-order valence-electron chi connectivity index (χ0n) is 16.5. The van der Waals surface area contributed by atoms with Gasteiger partial charge in [0.05, 0.1) is 12.6 Å². The van der Waals surface area contributed by atoms with Crippen molar-refractivity contribution in [3.8, 4) is 0 Å². The largest absolute Gasteiger partial charge is 0.354 e. The van der Waals surface area contributed by atoms with Gasteiger partial charge in [-0.1, -0.05) is 30.3 Å². The normalized spacial score (nSPS) is 17.8. The van der Waals surface area contributed by atoms with Gasteiger partial charge in [-0.25, -0.2) is 0 Å². The van der Waals surface area contributed by atoms with Gasteiger partial charge in [0, 0.05) is 26.6 Å². The summed E-state index contributed by atoms with van der Waals surface area (Å²) in [6.07, 6.45) is 4.77. The molecule has 0 radical (unpaired) electrons. The summed E-state index contributed by atoms with van der Waals surface area (Å²) < 4.78 is 2.22. The van der Waals surface area contributed by atoms with Gasteiger partial charge in [0.25, 0.3) is 0 Å². The second kappa shape index (κ2) is 10.2. The number of rotatable bonds is 6. The van der Waals surface area contributed by atoms with E-state index >= 15 is 0 Å². The minimum Gasteiger partial charge on any atom is -0.354 e. The molecule has 1 saturated heterocycles. The van der Waals surface area contributed by atoms with E-state index in [1.807, 2.05) is 7.05 Å². The van der Waals surface area contributed by atoms with Crippen molar-refractivity contribution in [2.45, 2.75) is 44.8 Å². The van der Waals surface area contributed by atoms with Crippen LogP contribution in [0.4, 0.5) is 0 Å². The Morgan fingerprint density at radius 2 is 1.86 bits per heavy atom. The zero-order valence-corrected chi connectivity index (χ0v) is 18.8. The summed E-state index contributed by atoms with van der Waals surface area (Å²) in [5, 5.41) is 15.5. The lowest BCUT2D eigenvalue weighted by molar-refractivity contribution is 0.245. The number of nitrogens with one attached hydrogen (secondary N) is 2. The maximum atomic E-state index is 4.39. The summed E-state index contributed by atoms with van der Waals surface area (Å²) in [7, 11) is 1.82. The van der Waals surface area contributed by atoms with Gasteiger partial charge in [0.1, 0.15) is 5.82 Å². The number of aliphatic imine (C=N–C) groups is 1. The second-order valence-corrected chi connectivity index (χ2v) is 7.26. The molecule has 2 aliphatic heterocycles. The molecule has 1 unspecified atom stereocenters. The lowest BCUT2D eigenvalue weighted by atomic mass is 10.1. The molecule has 2 aromatic rings. The van der Waals surface area contributed by atoms with E-state index in [2.05, 4.69) is 65.6 Å². The lowest BCUT2D eigenvalue weighted by Gasteiger charge is -2.28. The Balaban J connectivity index is 0.00000225. The molecule has 0 bridgehead atoms. The maximum absolute atomic E-state index is 4.39. The molecule has 28 heavy (non-hydrogen) atoms. The van der Waals surface area contributed by atoms with Crippen molar-refractivity contribution in [2.24, 2.45) is 4.99 Å². The molecular formula is C20H30IN7. The monoisotopic (exact) mass is 495 g/mol. The Bertz CT molecular complexity index is 768. The molecule has 1 fully saturated rings. The van der Waals surface area contributed by atoms with Crippen molar-refractivity contribution in [3.63, 3.8) is 0 Å². The number of fused-ring (bicyclic) bond motifs is 1. The maximum Gasteiger partial charge on any atom is 0.191 e. The van der Waals surface area contributed by atoms with Crippen LogP contribution in [-0.4, -0.2) is 52.3 Å². The van der Waals surface area contributed by atoms with Crippen molar-refractivity contribution in [1.82, 2.24) is 30.3 Å². The standard InChI is InChI=1S/C20H29N7.HI/c1-21-20(23-15-19-25-24-18-10-7-13-27(18)19)22-14-17(26-11-5-6-12-26)16-8-3-2-4-9-16;/h2-4,8-9,17H,5-7,10-15H2,1H3,(H2,21,22,23);1H. The summed E-state index contributed by atoms with van der Waals surface area (Å²) in [5.41, 5.74) is 1.36. The third-order valence-electron chi connectivity index (χ3n) is 5.55. The molecule has 1 atom stereocenters. The highest BCUT2D eigenvalue weighted by Gasteiger charge is 2.23. The highest BCUT2D eigenvalue weighted by Crippen LogP contribution is 2.24. The number of halogens is 1. The van der Waals surface area contributed by atoms with Crippen molar-refractivity contribution < 1.29 is 0 Å². The van der Waals surface area contributed by atoms with E-state index in [1.165, 1.54) is 37.9 Å². The topological polar surface area (TPSA) is 70.4 Å². The molecular weight excluding hydrogens is 465 g/mol. The van der Waals surface area contributed by atoms with E-state index in [0.717, 1.165) is 37.1 Å². The fourth-order valence-corrected chi connectivity index (χ4v) is 4.10. The molecule has 2 N–H and O–H groups in total. The van der Waals surface area contributed by atoms with Crippen molar-refractivity contribution >= 4 is 29.9 Å². The first-order chi connectivity index (χ1) is 13.3. The first kappa shape index (κ1) is 21.0. The number of hydrogen-bond donors (Lipinski definition) is 2. The van der Waals surface area contributed by atoms with E-state index < -0.39 is 0 Å². The Labute approximate surface area is 184 Å². The Morgan fingerprint density at radius 1 is 1.07 bits per heavy atom. The van der Waals surface area contributed by atoms with Crippen LogP contribution in [0.15, 0.2) is 35.3 Å². The van der Waals surface area contributed by atoms with Crippen molar-refractivity contribution in [2.75, 3.05) is 26.7 Å². The van der Waals surface area contributed by atoms with Gasteiger partial charge >= 0.3 is 0 Å². The molecule has 152 valence electrons. The second-order valence-electron chi connectivity index (χ2n) is 7.26. The average molecular weight is 495 g/mol. The van der Waals surface area contributed by atoms with E-state index in [0.29, 0.717) is 12.6 Å². The van der Waals surface area contributed by atoms with Gasteiger partial charge in [-0.2, -0.15) is 0 Å². The fourth-order valence-electron chi connectivity index (χ4n) is 4.10. The lowest BCUT2D eigenvalue weighted by Crippen LogP contribution is -2.42. The smallest absolute Gasteiger partial charge is 0.191 e. The first-order valence-corrected chi connectivity index (χ1v) is 9.99. The van der Waals surface area contributed by atoms with Gasteiger partial charge in [-0.05, 0) is 37.9 Å². The van der Waals surface area contributed by atoms with Crippen LogP contribution in [0.2, 0.25) is 0 Å². The Kier molecular flexibility index (Phi) is 7.66. The number of likely N-dealkylation sites (tertiary alicyclic amines) is 1. The Hall–Kier alpha value is -1.68. The van der Waals surface area contributed by atoms with Gasteiger partial charge in [0.2, 0.25) is 0 Å². The number of benzene rings is 1. The molecule has 2 aliphatic rings. The predicted octanol–water partition coefficient (Wildman–Crippen LogP) is 2.34. The van der Waals surface area contributed by atoms with E-state index in [4.69, 9.17) is 0 Å². The van der Waals surface area contributed by atoms with E-state index in [9.17, 15) is 0 Å². The van der Waals surface area contributed by atoms with Gasteiger partial charge < -0.3 is 15.2 Å². The average Bonchev–Trinajstić information content (AvgIpc) is 3.44. The summed E-state index contributed by atoms with van der Waals surface area (Å²) in [6.45, 7) is 4.84. The molecule has 1 aromatic carbocycles. The number of hydrogen-bond acceptors (Lipinski definition) is 4. The molecule has 3 heterocycles. The van der Waals surface area contributed by atoms with Crippen LogP contribution < -0.4 is 10.6 Å². The van der Waals surface area contributed by atoms with Gasteiger partial charge in [-0.3, -0.25) is 9.89 Å². The number of aromatic nitrogens is 3. The van der Waals surface area contributed by atoms with Crippen LogP contribution in [0.1, 0.15) is 42.5 Å². The van der Waals surface area contributed by atoms with Crippen LogP contribution in [0.25, 0.3) is 0 Å². The van der Waals surface area contributed by atoms with Gasteiger partial charge in [-0.15, -0.1) is 34.2 Å². The van der Waals surface area contributed by atoms with Crippen LogP contribution >= 0.6 is 24.0 Å². The quantitative estimate of drug-likeness (QED) is 0.366. The summed E-state index contributed by atoms with van der Waals surface area (Å²) in [6, 6.07) is 11.1. The number of guanidine groups is 1. The molecule has 0 aliphatic carbocycles. The molecule has 0 saturated carbocycles. The molecule has 8 heteroatoms. The highest BCUT2D eigenvalue weighted by molar-refractivity contribution is 14.0. The first-order valence-electron chi connectivity index (χ1n) is 9.99. The van der Waals surface area contributed by atoms with Crippen LogP contribution in [0, 0.1) is 0 Å². The SMILES string of the molecule is CN=C(NCc1nnc2n1CCC2)NCC(c1ccccc1)N1CCCC1.I. The summed E-state index contributed by atoms with van der Waals surface area (Å²) in [4.78, 5) is 6.96. The van der Waals surface area contributed by atoms with Gasteiger partial charge in [0.15, 0.2) is 11.8 Å². The Morgan fingerprint density at radius 3 is 2.61 bits per heavy atom.